The monoisotopic (exact) mass is 421 g/mol. The zero-order valence-corrected chi connectivity index (χ0v) is 17.4. The highest BCUT2D eigenvalue weighted by atomic mass is 19.1. The van der Waals surface area contributed by atoms with E-state index in [0.29, 0.717) is 29.0 Å². The molecule has 2 aromatic heterocycles. The first-order valence-corrected chi connectivity index (χ1v) is 10.9. The standard InChI is InChI=1S/C25H25F2N3O/c1-15(29-25-30-23-9-7-19(27)14-24(23)31-25)12-16-2-4-17(5-3-16)20-10-11-28-22-8-6-18(26)13-21(20)22/h6-11,13-17H,2-5,12H2,1H3,(H,29,30). The number of nitrogens with zero attached hydrogens (tertiary/aromatic N) is 2. The molecule has 0 aliphatic heterocycles. The fourth-order valence-electron chi connectivity index (χ4n) is 4.93. The van der Waals surface area contributed by atoms with Crippen LogP contribution in [0.4, 0.5) is 14.8 Å². The molecule has 1 atom stereocenters. The lowest BCUT2D eigenvalue weighted by atomic mass is 9.76. The van der Waals surface area contributed by atoms with E-state index >= 15 is 0 Å². The van der Waals surface area contributed by atoms with Crippen LogP contribution in [0.1, 0.15) is 50.5 Å². The molecule has 1 N–H and O–H groups in total. The van der Waals surface area contributed by atoms with E-state index in [1.807, 2.05) is 12.3 Å². The van der Waals surface area contributed by atoms with Gasteiger partial charge in [0, 0.05) is 23.7 Å². The molecule has 160 valence electrons. The third-order valence-corrected chi connectivity index (χ3v) is 6.43. The first-order chi connectivity index (χ1) is 15.0. The number of aromatic nitrogens is 2. The molecule has 0 spiro atoms. The molecule has 1 fully saturated rings. The topological polar surface area (TPSA) is 51.0 Å². The van der Waals surface area contributed by atoms with Gasteiger partial charge in [-0.3, -0.25) is 4.98 Å². The minimum Gasteiger partial charge on any atom is -0.423 e. The second-order valence-electron chi connectivity index (χ2n) is 8.69. The van der Waals surface area contributed by atoms with E-state index in [0.717, 1.165) is 43.0 Å². The molecule has 0 saturated heterocycles. The Morgan fingerprint density at radius 1 is 1.00 bits per heavy atom. The quantitative estimate of drug-likeness (QED) is 0.384. The minimum atomic E-state index is -0.329. The number of fused-ring (bicyclic) bond motifs is 2. The van der Waals surface area contributed by atoms with Crippen LogP contribution in [0.15, 0.2) is 53.1 Å². The molecule has 0 amide bonds. The van der Waals surface area contributed by atoms with Gasteiger partial charge in [0.25, 0.3) is 6.01 Å². The van der Waals surface area contributed by atoms with Crippen molar-refractivity contribution in [3.8, 4) is 0 Å². The Morgan fingerprint density at radius 3 is 2.55 bits per heavy atom. The lowest BCUT2D eigenvalue weighted by molar-refractivity contribution is 0.301. The molecule has 5 rings (SSSR count). The number of rotatable bonds is 5. The summed E-state index contributed by atoms with van der Waals surface area (Å²) in [6, 6.07) is 11.9. The van der Waals surface area contributed by atoms with E-state index in [9.17, 15) is 8.78 Å². The molecule has 1 saturated carbocycles. The molecule has 31 heavy (non-hydrogen) atoms. The molecule has 1 aliphatic rings. The van der Waals surface area contributed by atoms with Crippen molar-refractivity contribution in [1.82, 2.24) is 9.97 Å². The van der Waals surface area contributed by atoms with Crippen molar-refractivity contribution in [2.24, 2.45) is 5.92 Å². The predicted octanol–water partition coefficient (Wildman–Crippen LogP) is 6.82. The second kappa shape index (κ2) is 8.25. The van der Waals surface area contributed by atoms with Crippen LogP contribution in [0.25, 0.3) is 22.0 Å². The van der Waals surface area contributed by atoms with Gasteiger partial charge in [0.2, 0.25) is 0 Å². The number of halogens is 2. The Morgan fingerprint density at radius 2 is 1.74 bits per heavy atom. The van der Waals surface area contributed by atoms with Crippen molar-refractivity contribution in [1.29, 1.82) is 0 Å². The first-order valence-electron chi connectivity index (χ1n) is 10.9. The highest BCUT2D eigenvalue weighted by Gasteiger charge is 2.25. The Hall–Kier alpha value is -3.02. The molecule has 1 unspecified atom stereocenters. The van der Waals surface area contributed by atoms with E-state index in [4.69, 9.17) is 4.42 Å². The highest BCUT2D eigenvalue weighted by molar-refractivity contribution is 5.82. The van der Waals surface area contributed by atoms with Crippen LogP contribution in [0, 0.1) is 17.6 Å². The summed E-state index contributed by atoms with van der Waals surface area (Å²) in [4.78, 5) is 8.78. The van der Waals surface area contributed by atoms with Gasteiger partial charge >= 0.3 is 0 Å². The van der Waals surface area contributed by atoms with Gasteiger partial charge in [-0.2, -0.15) is 4.98 Å². The predicted molar refractivity (Wildman–Crippen MR) is 118 cm³/mol. The van der Waals surface area contributed by atoms with Gasteiger partial charge in [-0.15, -0.1) is 0 Å². The Bertz CT molecular complexity index is 1210. The maximum Gasteiger partial charge on any atom is 0.295 e. The zero-order valence-electron chi connectivity index (χ0n) is 17.4. The van der Waals surface area contributed by atoms with Crippen LogP contribution in [0.2, 0.25) is 0 Å². The summed E-state index contributed by atoms with van der Waals surface area (Å²) in [5, 5.41) is 4.26. The van der Waals surface area contributed by atoms with Gasteiger partial charge in [0.05, 0.1) is 5.52 Å². The number of anilines is 1. The molecule has 0 radical (unpaired) electrons. The Labute approximate surface area is 179 Å². The fourth-order valence-corrected chi connectivity index (χ4v) is 4.93. The van der Waals surface area contributed by atoms with Crippen LogP contribution in [0.3, 0.4) is 0 Å². The third kappa shape index (κ3) is 4.24. The van der Waals surface area contributed by atoms with Crippen molar-refractivity contribution >= 4 is 28.0 Å². The Kier molecular flexibility index (Phi) is 5.30. The van der Waals surface area contributed by atoms with Crippen molar-refractivity contribution in [3.63, 3.8) is 0 Å². The summed E-state index contributed by atoms with van der Waals surface area (Å²) < 4.78 is 32.8. The van der Waals surface area contributed by atoms with E-state index in [2.05, 4.69) is 22.2 Å². The number of nitrogens with one attached hydrogen (secondary N) is 1. The van der Waals surface area contributed by atoms with E-state index in [1.54, 1.807) is 18.2 Å². The van der Waals surface area contributed by atoms with Crippen LogP contribution in [-0.4, -0.2) is 16.0 Å². The molecule has 0 bridgehead atoms. The molecular formula is C25H25F2N3O. The molecule has 4 aromatic rings. The summed E-state index contributed by atoms with van der Waals surface area (Å²) in [5.74, 6) is 0.520. The van der Waals surface area contributed by atoms with Crippen molar-refractivity contribution in [3.05, 3.63) is 65.9 Å². The van der Waals surface area contributed by atoms with Crippen LogP contribution < -0.4 is 5.32 Å². The van der Waals surface area contributed by atoms with Crippen molar-refractivity contribution in [2.45, 2.75) is 51.0 Å². The summed E-state index contributed by atoms with van der Waals surface area (Å²) in [7, 11) is 0. The van der Waals surface area contributed by atoms with Gasteiger partial charge < -0.3 is 9.73 Å². The molecule has 1 aliphatic carbocycles. The molecular weight excluding hydrogens is 396 g/mol. The maximum atomic E-state index is 13.8. The van der Waals surface area contributed by atoms with E-state index in [-0.39, 0.29) is 17.7 Å². The lowest BCUT2D eigenvalue weighted by Crippen LogP contribution is -2.23. The maximum absolute atomic E-state index is 13.8. The van der Waals surface area contributed by atoms with E-state index in [1.165, 1.54) is 23.8 Å². The van der Waals surface area contributed by atoms with Gasteiger partial charge in [0.15, 0.2) is 5.58 Å². The third-order valence-electron chi connectivity index (χ3n) is 6.43. The van der Waals surface area contributed by atoms with E-state index < -0.39 is 0 Å². The molecule has 2 aromatic carbocycles. The van der Waals surface area contributed by atoms with Gasteiger partial charge in [-0.1, -0.05) is 0 Å². The fraction of sp³-hybridized carbons (Fsp3) is 0.360. The minimum absolute atomic E-state index is 0.204. The molecule has 2 heterocycles. The number of oxazole rings is 1. The van der Waals surface area contributed by atoms with Gasteiger partial charge in [-0.05, 0) is 92.8 Å². The van der Waals surface area contributed by atoms with Crippen LogP contribution in [-0.2, 0) is 0 Å². The summed E-state index contributed by atoms with van der Waals surface area (Å²) in [5.41, 5.74) is 3.18. The Balaban J connectivity index is 1.20. The lowest BCUT2D eigenvalue weighted by Gasteiger charge is -2.31. The largest absolute Gasteiger partial charge is 0.423 e. The summed E-state index contributed by atoms with van der Waals surface area (Å²) in [6.45, 7) is 2.13. The summed E-state index contributed by atoms with van der Waals surface area (Å²) >= 11 is 0. The average molecular weight is 421 g/mol. The zero-order chi connectivity index (χ0) is 21.4. The number of benzene rings is 2. The highest BCUT2D eigenvalue weighted by Crippen LogP contribution is 2.40. The van der Waals surface area contributed by atoms with Crippen molar-refractivity contribution in [2.75, 3.05) is 5.32 Å². The number of hydrogen-bond acceptors (Lipinski definition) is 4. The first kappa shape index (κ1) is 19.9. The summed E-state index contributed by atoms with van der Waals surface area (Å²) in [6.07, 6.45) is 7.30. The van der Waals surface area contributed by atoms with Gasteiger partial charge in [-0.25, -0.2) is 8.78 Å². The molecule has 4 nitrogen and oxygen atoms in total. The van der Waals surface area contributed by atoms with Crippen LogP contribution in [0.5, 0.6) is 0 Å². The average Bonchev–Trinajstić information content (AvgIpc) is 3.15. The van der Waals surface area contributed by atoms with Crippen molar-refractivity contribution < 1.29 is 13.2 Å². The van der Waals surface area contributed by atoms with Crippen LogP contribution >= 0.6 is 0 Å². The second-order valence-corrected chi connectivity index (χ2v) is 8.69. The normalized spacial score (nSPS) is 20.2. The smallest absolute Gasteiger partial charge is 0.295 e. The number of hydrogen-bond donors (Lipinski definition) is 1. The number of pyridine rings is 1. The van der Waals surface area contributed by atoms with Gasteiger partial charge in [0.1, 0.15) is 17.2 Å². The SMILES string of the molecule is CC(CC1CCC(c2ccnc3ccc(F)cc23)CC1)Nc1nc2ccc(F)cc2o1. The molecule has 6 heteroatoms.